The van der Waals surface area contributed by atoms with Gasteiger partial charge >= 0.3 is 0 Å². The molecule has 2 fully saturated rings. The predicted molar refractivity (Wildman–Crippen MR) is 134 cm³/mol. The molecule has 1 aliphatic carbocycles. The molecule has 7 heteroatoms. The maximum absolute atomic E-state index is 12.4. The van der Waals surface area contributed by atoms with Crippen LogP contribution in [0.15, 0.2) is 24.3 Å². The number of nitrogens with zero attached hydrogens (tertiary/aromatic N) is 1. The van der Waals surface area contributed by atoms with E-state index in [-0.39, 0.29) is 11.6 Å². The highest BCUT2D eigenvalue weighted by atomic mass is 32.2. The molecule has 182 valence electrons. The fraction of sp³-hybridized carbons (Fsp3) is 0.760. The zero-order valence-corrected chi connectivity index (χ0v) is 21.4. The molecule has 1 saturated carbocycles. The van der Waals surface area contributed by atoms with Gasteiger partial charge in [-0.1, -0.05) is 13.8 Å². The Morgan fingerprint density at radius 2 is 1.69 bits per heavy atom. The smallest absolute Gasteiger partial charge is 0.216 e. The largest absolute Gasteiger partial charge is 0.385 e. The number of hydrogen-bond acceptors (Lipinski definition) is 5. The van der Waals surface area contributed by atoms with Crippen LogP contribution in [-0.2, 0) is 14.8 Å². The number of anilines is 2. The Morgan fingerprint density at radius 1 is 1.06 bits per heavy atom. The standard InChI is InChI=1S/C25H43N3O3S/c1-6-25(7-2)19-28(16-17-31-25)23-14-12-21(13-15-23)26-18-20-8-10-22(11-9-20)27-32(29,30)24(3,4)5/h12-15,20,22,26-27H,6-11,16-19H2,1-5H3. The summed E-state index contributed by atoms with van der Waals surface area (Å²) >= 11 is 0. The lowest BCUT2D eigenvalue weighted by Crippen LogP contribution is -2.51. The van der Waals surface area contributed by atoms with Crippen molar-refractivity contribution in [3.8, 4) is 0 Å². The molecule has 2 aliphatic rings. The minimum Gasteiger partial charge on any atom is -0.385 e. The Kier molecular flexibility index (Phi) is 8.16. The molecule has 3 rings (SSSR count). The van der Waals surface area contributed by atoms with Crippen LogP contribution in [0.4, 0.5) is 11.4 Å². The van der Waals surface area contributed by atoms with Gasteiger partial charge in [0, 0.05) is 37.1 Å². The molecule has 1 aromatic carbocycles. The number of nitrogens with one attached hydrogen (secondary N) is 2. The van der Waals surface area contributed by atoms with Crippen LogP contribution in [-0.4, -0.2) is 51.0 Å². The zero-order chi connectivity index (χ0) is 23.4. The van der Waals surface area contributed by atoms with Gasteiger partial charge in [-0.05, 0) is 89.5 Å². The summed E-state index contributed by atoms with van der Waals surface area (Å²) in [5.74, 6) is 0.582. The van der Waals surface area contributed by atoms with Crippen LogP contribution in [0, 0.1) is 5.92 Å². The van der Waals surface area contributed by atoms with Gasteiger partial charge in [-0.15, -0.1) is 0 Å². The van der Waals surface area contributed by atoms with E-state index in [1.54, 1.807) is 20.8 Å². The van der Waals surface area contributed by atoms with E-state index < -0.39 is 14.8 Å². The first-order valence-corrected chi connectivity index (χ1v) is 13.8. The first-order chi connectivity index (χ1) is 15.1. The molecule has 1 saturated heterocycles. The van der Waals surface area contributed by atoms with Gasteiger partial charge in [0.2, 0.25) is 10.0 Å². The third-order valence-electron chi connectivity index (χ3n) is 7.34. The first-order valence-electron chi connectivity index (χ1n) is 12.3. The summed E-state index contributed by atoms with van der Waals surface area (Å²) in [7, 11) is -3.27. The molecule has 2 N–H and O–H groups in total. The Morgan fingerprint density at radius 3 is 2.25 bits per heavy atom. The van der Waals surface area contributed by atoms with E-state index >= 15 is 0 Å². The molecule has 0 amide bonds. The van der Waals surface area contributed by atoms with Gasteiger partial charge in [-0.3, -0.25) is 0 Å². The SMILES string of the molecule is CCC1(CC)CN(c2ccc(NCC3CCC(NS(=O)(=O)C(C)(C)C)CC3)cc2)CCO1. The van der Waals surface area contributed by atoms with Crippen molar-refractivity contribution in [2.45, 2.75) is 89.5 Å². The number of ether oxygens (including phenoxy) is 1. The Balaban J connectivity index is 1.45. The summed E-state index contributed by atoms with van der Waals surface area (Å²) in [6, 6.07) is 8.84. The summed E-state index contributed by atoms with van der Waals surface area (Å²) in [5.41, 5.74) is 2.39. The molecule has 0 unspecified atom stereocenters. The summed E-state index contributed by atoms with van der Waals surface area (Å²) < 4.78 is 33.0. The number of benzene rings is 1. The Labute approximate surface area is 195 Å². The molecular formula is C25H43N3O3S. The molecule has 6 nitrogen and oxygen atoms in total. The van der Waals surface area contributed by atoms with Crippen LogP contribution in [0.1, 0.15) is 73.1 Å². The van der Waals surface area contributed by atoms with Crippen LogP contribution < -0.4 is 14.9 Å². The van der Waals surface area contributed by atoms with Crippen molar-refractivity contribution in [1.29, 1.82) is 0 Å². The topological polar surface area (TPSA) is 70.7 Å². The normalized spacial score (nSPS) is 24.3. The van der Waals surface area contributed by atoms with Gasteiger partial charge in [0.05, 0.1) is 17.0 Å². The molecule has 1 aliphatic heterocycles. The van der Waals surface area contributed by atoms with Gasteiger partial charge in [0.15, 0.2) is 0 Å². The van der Waals surface area contributed by atoms with Gasteiger partial charge in [0.1, 0.15) is 0 Å². The highest BCUT2D eigenvalue weighted by Gasteiger charge is 2.34. The molecular weight excluding hydrogens is 422 g/mol. The summed E-state index contributed by atoms with van der Waals surface area (Å²) in [4.78, 5) is 2.44. The molecule has 1 aromatic rings. The lowest BCUT2D eigenvalue weighted by Gasteiger charge is -2.43. The lowest BCUT2D eigenvalue weighted by atomic mass is 9.86. The molecule has 0 bridgehead atoms. The van der Waals surface area contributed by atoms with E-state index in [9.17, 15) is 8.42 Å². The van der Waals surface area contributed by atoms with Crippen molar-refractivity contribution < 1.29 is 13.2 Å². The second-order valence-corrected chi connectivity index (χ2v) is 13.0. The van der Waals surface area contributed by atoms with E-state index in [4.69, 9.17) is 4.74 Å². The van der Waals surface area contributed by atoms with Crippen LogP contribution in [0.5, 0.6) is 0 Å². The van der Waals surface area contributed by atoms with Crippen molar-refractivity contribution in [2.24, 2.45) is 5.92 Å². The average molecular weight is 466 g/mol. The number of morpholine rings is 1. The van der Waals surface area contributed by atoms with Crippen molar-refractivity contribution in [2.75, 3.05) is 36.5 Å². The lowest BCUT2D eigenvalue weighted by molar-refractivity contribution is -0.0605. The minimum absolute atomic E-state index is 0.0188. The van der Waals surface area contributed by atoms with Crippen LogP contribution in [0.3, 0.4) is 0 Å². The molecule has 0 aromatic heterocycles. The van der Waals surface area contributed by atoms with E-state index in [0.29, 0.717) is 5.92 Å². The average Bonchev–Trinajstić information content (AvgIpc) is 2.78. The van der Waals surface area contributed by atoms with E-state index in [0.717, 1.165) is 70.5 Å². The third kappa shape index (κ3) is 6.17. The molecule has 0 atom stereocenters. The van der Waals surface area contributed by atoms with Gasteiger partial charge in [-0.25, -0.2) is 13.1 Å². The number of rotatable bonds is 8. The highest BCUT2D eigenvalue weighted by molar-refractivity contribution is 7.90. The van der Waals surface area contributed by atoms with Crippen molar-refractivity contribution in [3.63, 3.8) is 0 Å². The maximum atomic E-state index is 12.4. The Bertz CT molecular complexity index is 821. The van der Waals surface area contributed by atoms with E-state index in [2.05, 4.69) is 53.1 Å². The highest BCUT2D eigenvalue weighted by Crippen LogP contribution is 2.30. The predicted octanol–water partition coefficient (Wildman–Crippen LogP) is 4.77. The summed E-state index contributed by atoms with van der Waals surface area (Å²) in [6.07, 6.45) is 6.00. The van der Waals surface area contributed by atoms with E-state index in [1.165, 1.54) is 5.69 Å². The molecule has 1 heterocycles. The number of sulfonamides is 1. The monoisotopic (exact) mass is 465 g/mol. The fourth-order valence-corrected chi connectivity index (χ4v) is 5.70. The van der Waals surface area contributed by atoms with Gasteiger partial charge in [0.25, 0.3) is 0 Å². The molecule has 0 radical (unpaired) electrons. The zero-order valence-electron chi connectivity index (χ0n) is 20.6. The van der Waals surface area contributed by atoms with Gasteiger partial charge in [-0.2, -0.15) is 0 Å². The summed E-state index contributed by atoms with van der Waals surface area (Å²) in [6.45, 7) is 13.3. The first kappa shape index (κ1) is 25.3. The maximum Gasteiger partial charge on any atom is 0.216 e. The van der Waals surface area contributed by atoms with Crippen molar-refractivity contribution in [3.05, 3.63) is 24.3 Å². The number of hydrogen-bond donors (Lipinski definition) is 2. The molecule has 0 spiro atoms. The molecule has 32 heavy (non-hydrogen) atoms. The van der Waals surface area contributed by atoms with Crippen LogP contribution in [0.25, 0.3) is 0 Å². The Hall–Kier alpha value is -1.31. The third-order valence-corrected chi connectivity index (χ3v) is 9.60. The quantitative estimate of drug-likeness (QED) is 0.579. The van der Waals surface area contributed by atoms with Gasteiger partial charge < -0.3 is 15.0 Å². The van der Waals surface area contributed by atoms with E-state index in [1.807, 2.05) is 0 Å². The summed E-state index contributed by atoms with van der Waals surface area (Å²) in [5, 5.41) is 3.59. The second-order valence-electron chi connectivity index (χ2n) is 10.5. The fourth-order valence-electron chi connectivity index (χ4n) is 4.68. The second kappa shape index (κ2) is 10.3. The van der Waals surface area contributed by atoms with Crippen molar-refractivity contribution >= 4 is 21.4 Å². The van der Waals surface area contributed by atoms with Crippen molar-refractivity contribution in [1.82, 2.24) is 4.72 Å². The van der Waals surface area contributed by atoms with Crippen LogP contribution >= 0.6 is 0 Å². The minimum atomic E-state index is -3.27. The van der Waals surface area contributed by atoms with Crippen LogP contribution in [0.2, 0.25) is 0 Å².